The average Bonchev–Trinajstić information content (AvgIpc) is 2.91. The van der Waals surface area contributed by atoms with Gasteiger partial charge in [-0.2, -0.15) is 0 Å². The van der Waals surface area contributed by atoms with Crippen molar-refractivity contribution >= 4 is 21.7 Å². The smallest absolute Gasteiger partial charge is 0.267 e. The van der Waals surface area contributed by atoms with Gasteiger partial charge in [0.15, 0.2) is 0 Å². The minimum atomic E-state index is -0.145. The first kappa shape index (κ1) is 8.74. The largest absolute Gasteiger partial charge is 0.369 e. The molecule has 5 heteroatoms. The highest BCUT2D eigenvalue weighted by Gasteiger charge is 2.21. The molecule has 1 aromatic rings. The van der Waals surface area contributed by atoms with Crippen molar-refractivity contribution in [1.82, 2.24) is 9.97 Å². The Bertz CT molecular complexity index is 359. The molecule has 0 aliphatic heterocycles. The maximum Gasteiger partial charge on any atom is 0.267 e. The first-order chi connectivity index (χ1) is 6.27. The molecule has 0 aromatic carbocycles. The molecule has 0 bridgehead atoms. The fourth-order valence-electron chi connectivity index (χ4n) is 1.07. The average molecular weight is 244 g/mol. The molecule has 13 heavy (non-hydrogen) atoms. The second-order valence-electron chi connectivity index (χ2n) is 3.22. The lowest BCUT2D eigenvalue weighted by Crippen LogP contribution is -2.13. The Morgan fingerprint density at radius 1 is 1.69 bits per heavy atom. The Hall–Kier alpha value is -0.840. The molecule has 1 heterocycles. The first-order valence-corrected chi connectivity index (χ1v) is 5.03. The number of nitrogens with one attached hydrogen (secondary N) is 2. The molecule has 2 N–H and O–H groups in total. The van der Waals surface area contributed by atoms with Crippen LogP contribution >= 0.6 is 15.9 Å². The van der Waals surface area contributed by atoms with Crippen LogP contribution in [0, 0.1) is 5.92 Å². The van der Waals surface area contributed by atoms with Crippen LogP contribution in [0.4, 0.5) is 5.82 Å². The number of anilines is 1. The van der Waals surface area contributed by atoms with Crippen molar-refractivity contribution in [3.05, 3.63) is 21.2 Å². The zero-order chi connectivity index (χ0) is 9.26. The molecule has 0 unspecified atom stereocenters. The van der Waals surface area contributed by atoms with Crippen LogP contribution in [0.1, 0.15) is 12.8 Å². The summed E-state index contributed by atoms with van der Waals surface area (Å²) in [4.78, 5) is 17.6. The van der Waals surface area contributed by atoms with E-state index in [4.69, 9.17) is 0 Å². The zero-order valence-electron chi connectivity index (χ0n) is 7.01. The molecule has 0 spiro atoms. The van der Waals surface area contributed by atoms with Crippen molar-refractivity contribution < 1.29 is 0 Å². The van der Waals surface area contributed by atoms with E-state index < -0.39 is 0 Å². The molecule has 4 nitrogen and oxygen atoms in total. The third-order valence-electron chi connectivity index (χ3n) is 2.05. The van der Waals surface area contributed by atoms with Gasteiger partial charge in [-0.15, -0.1) is 0 Å². The van der Waals surface area contributed by atoms with Gasteiger partial charge in [-0.05, 0) is 34.7 Å². The van der Waals surface area contributed by atoms with E-state index in [9.17, 15) is 4.79 Å². The summed E-state index contributed by atoms with van der Waals surface area (Å²) >= 11 is 3.18. The molecule has 0 saturated heterocycles. The lowest BCUT2D eigenvalue weighted by molar-refractivity contribution is 0.878. The normalized spacial score (nSPS) is 15.8. The van der Waals surface area contributed by atoms with Crippen LogP contribution in [0.5, 0.6) is 0 Å². The van der Waals surface area contributed by atoms with Gasteiger partial charge in [0.1, 0.15) is 10.3 Å². The topological polar surface area (TPSA) is 57.8 Å². The summed E-state index contributed by atoms with van der Waals surface area (Å²) in [5.74, 6) is 1.41. The van der Waals surface area contributed by atoms with Gasteiger partial charge in [0.05, 0.1) is 6.33 Å². The molecule has 1 aliphatic carbocycles. The summed E-state index contributed by atoms with van der Waals surface area (Å²) in [6.45, 7) is 0.912. The van der Waals surface area contributed by atoms with Gasteiger partial charge in [0, 0.05) is 6.54 Å². The minimum Gasteiger partial charge on any atom is -0.369 e. The molecule has 0 radical (unpaired) electrons. The third kappa shape index (κ3) is 2.09. The van der Waals surface area contributed by atoms with Crippen LogP contribution in [-0.4, -0.2) is 16.5 Å². The fraction of sp³-hybridized carbons (Fsp3) is 0.500. The van der Waals surface area contributed by atoms with Crippen molar-refractivity contribution in [2.45, 2.75) is 12.8 Å². The number of aromatic nitrogens is 2. The van der Waals surface area contributed by atoms with Gasteiger partial charge < -0.3 is 10.3 Å². The number of hydrogen-bond acceptors (Lipinski definition) is 3. The fourth-order valence-corrected chi connectivity index (χ4v) is 1.43. The Kier molecular flexibility index (Phi) is 2.35. The van der Waals surface area contributed by atoms with Crippen LogP contribution in [0.25, 0.3) is 0 Å². The van der Waals surface area contributed by atoms with E-state index in [1.807, 2.05) is 0 Å². The molecular weight excluding hydrogens is 234 g/mol. The number of aromatic amines is 1. The Balaban J connectivity index is 2.09. The highest BCUT2D eigenvalue weighted by atomic mass is 79.9. The van der Waals surface area contributed by atoms with Crippen LogP contribution in [0.15, 0.2) is 15.6 Å². The van der Waals surface area contributed by atoms with Gasteiger partial charge in [-0.1, -0.05) is 0 Å². The third-order valence-corrected chi connectivity index (χ3v) is 2.79. The van der Waals surface area contributed by atoms with Gasteiger partial charge in [-0.25, -0.2) is 4.98 Å². The summed E-state index contributed by atoms with van der Waals surface area (Å²) in [7, 11) is 0. The highest BCUT2D eigenvalue weighted by molar-refractivity contribution is 9.10. The molecule has 1 aliphatic rings. The van der Waals surface area contributed by atoms with E-state index >= 15 is 0 Å². The monoisotopic (exact) mass is 243 g/mol. The standard InChI is InChI=1S/C8H10BrN3O/c9-6-7(10-3-5-1-2-5)11-4-12-8(6)13/h4-5H,1-3H2,(H2,10,11,12,13). The van der Waals surface area contributed by atoms with E-state index in [1.54, 1.807) is 0 Å². The lowest BCUT2D eigenvalue weighted by atomic mass is 10.4. The van der Waals surface area contributed by atoms with Crippen LogP contribution in [-0.2, 0) is 0 Å². The minimum absolute atomic E-state index is 0.145. The summed E-state index contributed by atoms with van der Waals surface area (Å²) in [5.41, 5.74) is -0.145. The summed E-state index contributed by atoms with van der Waals surface area (Å²) in [5, 5.41) is 3.14. The zero-order valence-corrected chi connectivity index (χ0v) is 8.60. The van der Waals surface area contributed by atoms with Crippen molar-refractivity contribution in [3.63, 3.8) is 0 Å². The van der Waals surface area contributed by atoms with Gasteiger partial charge >= 0.3 is 0 Å². The molecule has 1 saturated carbocycles. The SMILES string of the molecule is O=c1[nH]cnc(NCC2CC2)c1Br. The van der Waals surface area contributed by atoms with Crippen LogP contribution in [0.3, 0.4) is 0 Å². The quantitative estimate of drug-likeness (QED) is 0.843. The van der Waals surface area contributed by atoms with Gasteiger partial charge in [-0.3, -0.25) is 4.79 Å². The Labute approximate surface area is 83.9 Å². The number of hydrogen-bond donors (Lipinski definition) is 2. The second kappa shape index (κ2) is 3.49. The van der Waals surface area contributed by atoms with E-state index in [-0.39, 0.29) is 5.56 Å². The maximum atomic E-state index is 11.1. The molecule has 70 valence electrons. The van der Waals surface area contributed by atoms with Crippen molar-refractivity contribution in [2.24, 2.45) is 5.92 Å². The Morgan fingerprint density at radius 3 is 3.15 bits per heavy atom. The summed E-state index contributed by atoms with van der Waals surface area (Å²) < 4.78 is 0.482. The number of nitrogens with zero attached hydrogens (tertiary/aromatic N) is 1. The van der Waals surface area contributed by atoms with Crippen molar-refractivity contribution in [2.75, 3.05) is 11.9 Å². The van der Waals surface area contributed by atoms with Gasteiger partial charge in [0.25, 0.3) is 5.56 Å². The molecule has 2 rings (SSSR count). The first-order valence-electron chi connectivity index (χ1n) is 4.24. The second-order valence-corrected chi connectivity index (χ2v) is 4.01. The van der Waals surface area contributed by atoms with Gasteiger partial charge in [0.2, 0.25) is 0 Å². The van der Waals surface area contributed by atoms with E-state index in [0.717, 1.165) is 12.5 Å². The molecule has 0 amide bonds. The molecular formula is C8H10BrN3O. The predicted molar refractivity (Wildman–Crippen MR) is 53.8 cm³/mol. The Morgan fingerprint density at radius 2 is 2.46 bits per heavy atom. The van der Waals surface area contributed by atoms with Crippen molar-refractivity contribution in [1.29, 1.82) is 0 Å². The summed E-state index contributed by atoms with van der Waals surface area (Å²) in [6, 6.07) is 0. The highest BCUT2D eigenvalue weighted by Crippen LogP contribution is 2.29. The van der Waals surface area contributed by atoms with Crippen molar-refractivity contribution in [3.8, 4) is 0 Å². The molecule has 1 aromatic heterocycles. The number of H-pyrrole nitrogens is 1. The molecule has 0 atom stereocenters. The van der Waals surface area contributed by atoms with Crippen LogP contribution < -0.4 is 10.9 Å². The number of halogens is 1. The van der Waals surface area contributed by atoms with E-state index in [2.05, 4.69) is 31.2 Å². The number of rotatable bonds is 3. The van der Waals surface area contributed by atoms with E-state index in [1.165, 1.54) is 19.2 Å². The lowest BCUT2D eigenvalue weighted by Gasteiger charge is -2.04. The van der Waals surface area contributed by atoms with E-state index in [0.29, 0.717) is 10.3 Å². The molecule has 1 fully saturated rings. The maximum absolute atomic E-state index is 11.1. The van der Waals surface area contributed by atoms with Crippen LogP contribution in [0.2, 0.25) is 0 Å². The summed E-state index contributed by atoms with van der Waals surface area (Å²) in [6.07, 6.45) is 3.98. The predicted octanol–water partition coefficient (Wildman–Crippen LogP) is 1.35.